The number of benzene rings is 1. The molecule has 3 nitrogen and oxygen atoms in total. The molecule has 1 fully saturated rings. The number of nitrogens with zero attached hydrogens (tertiary/aromatic N) is 3. The lowest BCUT2D eigenvalue weighted by molar-refractivity contribution is 0.205. The van der Waals surface area contributed by atoms with Gasteiger partial charge in [0.15, 0.2) is 0 Å². The van der Waals surface area contributed by atoms with Crippen molar-refractivity contribution >= 4 is 0 Å². The van der Waals surface area contributed by atoms with E-state index in [1.54, 1.807) is 0 Å². The average molecular weight is 257 g/mol. The summed E-state index contributed by atoms with van der Waals surface area (Å²) in [7, 11) is 4.24. The molecule has 2 unspecified atom stereocenters. The fourth-order valence-electron chi connectivity index (χ4n) is 2.90. The van der Waals surface area contributed by atoms with Crippen molar-refractivity contribution in [2.45, 2.75) is 24.8 Å². The minimum Gasteiger partial charge on any atom is -0.308 e. The van der Waals surface area contributed by atoms with Crippen LogP contribution >= 0.6 is 0 Å². The van der Waals surface area contributed by atoms with Crippen molar-refractivity contribution in [3.05, 3.63) is 35.9 Å². The number of likely N-dealkylation sites (N-methyl/N-ethyl adjacent to an activating group) is 1. The number of nitriles is 1. The van der Waals surface area contributed by atoms with Crippen molar-refractivity contribution < 1.29 is 0 Å². The summed E-state index contributed by atoms with van der Waals surface area (Å²) in [5.74, 6) is -0.0102. The minimum absolute atomic E-state index is 0.0102. The zero-order valence-corrected chi connectivity index (χ0v) is 11.9. The van der Waals surface area contributed by atoms with E-state index in [0.29, 0.717) is 6.04 Å². The van der Waals surface area contributed by atoms with Crippen molar-refractivity contribution in [2.75, 3.05) is 33.7 Å². The molecule has 0 saturated carbocycles. The molecular formula is C16H23N3. The van der Waals surface area contributed by atoms with Gasteiger partial charge in [-0.3, -0.25) is 4.90 Å². The van der Waals surface area contributed by atoms with Crippen LogP contribution in [0.25, 0.3) is 0 Å². The van der Waals surface area contributed by atoms with E-state index in [0.717, 1.165) is 25.2 Å². The first-order chi connectivity index (χ1) is 9.20. The third kappa shape index (κ3) is 3.79. The van der Waals surface area contributed by atoms with E-state index in [-0.39, 0.29) is 5.92 Å². The van der Waals surface area contributed by atoms with Gasteiger partial charge >= 0.3 is 0 Å². The van der Waals surface area contributed by atoms with Gasteiger partial charge in [-0.15, -0.1) is 0 Å². The molecule has 0 bridgehead atoms. The van der Waals surface area contributed by atoms with E-state index in [1.165, 1.54) is 12.8 Å². The van der Waals surface area contributed by atoms with Gasteiger partial charge in [0, 0.05) is 19.1 Å². The van der Waals surface area contributed by atoms with Gasteiger partial charge in [-0.25, -0.2) is 0 Å². The zero-order chi connectivity index (χ0) is 13.7. The number of rotatable bonds is 5. The van der Waals surface area contributed by atoms with Crippen LogP contribution in [0.3, 0.4) is 0 Å². The Morgan fingerprint density at radius 2 is 2.11 bits per heavy atom. The monoisotopic (exact) mass is 257 g/mol. The quantitative estimate of drug-likeness (QED) is 0.811. The molecule has 0 N–H and O–H groups in total. The standard InChI is InChI=1S/C16H23N3/c1-18(2)13-16-9-6-10-19(16)12-15(11-17)14-7-4-3-5-8-14/h3-5,7-8,15-16H,6,9-10,12-13H2,1-2H3. The van der Waals surface area contributed by atoms with Gasteiger partial charge < -0.3 is 4.90 Å². The fourth-order valence-corrected chi connectivity index (χ4v) is 2.90. The lowest BCUT2D eigenvalue weighted by atomic mass is 10.00. The first kappa shape index (κ1) is 14.0. The van der Waals surface area contributed by atoms with Crippen LogP contribution in [0.2, 0.25) is 0 Å². The van der Waals surface area contributed by atoms with Crippen LogP contribution in [0.15, 0.2) is 30.3 Å². The van der Waals surface area contributed by atoms with Crippen LogP contribution in [0.1, 0.15) is 24.3 Å². The van der Waals surface area contributed by atoms with Gasteiger partial charge in [0.1, 0.15) is 0 Å². The molecule has 2 atom stereocenters. The SMILES string of the molecule is CN(C)CC1CCCN1CC(C#N)c1ccccc1. The molecule has 1 aromatic carbocycles. The maximum Gasteiger partial charge on any atom is 0.0839 e. The maximum absolute atomic E-state index is 9.42. The molecule has 19 heavy (non-hydrogen) atoms. The molecule has 1 aromatic rings. The molecular weight excluding hydrogens is 234 g/mol. The van der Waals surface area contributed by atoms with Crippen LogP contribution in [0.5, 0.6) is 0 Å². The summed E-state index contributed by atoms with van der Waals surface area (Å²) in [6.45, 7) is 3.08. The highest BCUT2D eigenvalue weighted by atomic mass is 15.2. The van der Waals surface area contributed by atoms with Crippen LogP contribution in [-0.2, 0) is 0 Å². The summed E-state index contributed by atoms with van der Waals surface area (Å²) < 4.78 is 0. The summed E-state index contributed by atoms with van der Waals surface area (Å²) in [6.07, 6.45) is 2.51. The molecule has 0 aliphatic carbocycles. The second-order valence-corrected chi connectivity index (χ2v) is 5.65. The Bertz CT molecular complexity index is 421. The first-order valence-electron chi connectivity index (χ1n) is 7.04. The second kappa shape index (κ2) is 6.70. The Labute approximate surface area is 116 Å². The first-order valence-corrected chi connectivity index (χ1v) is 7.04. The van der Waals surface area contributed by atoms with E-state index < -0.39 is 0 Å². The summed E-state index contributed by atoms with van der Waals surface area (Å²) in [5, 5.41) is 9.42. The van der Waals surface area contributed by atoms with Gasteiger partial charge in [-0.2, -0.15) is 5.26 Å². The molecule has 1 heterocycles. The molecule has 1 aliphatic rings. The number of hydrogen-bond donors (Lipinski definition) is 0. The van der Waals surface area contributed by atoms with Crippen molar-refractivity contribution in [3.63, 3.8) is 0 Å². The summed E-state index contributed by atoms with van der Waals surface area (Å²) in [4.78, 5) is 4.73. The fraction of sp³-hybridized carbons (Fsp3) is 0.562. The molecule has 0 aromatic heterocycles. The molecule has 1 aliphatic heterocycles. The van der Waals surface area contributed by atoms with E-state index in [9.17, 15) is 5.26 Å². The topological polar surface area (TPSA) is 30.3 Å². The molecule has 102 valence electrons. The largest absolute Gasteiger partial charge is 0.308 e. The predicted molar refractivity (Wildman–Crippen MR) is 77.9 cm³/mol. The van der Waals surface area contributed by atoms with Crippen LogP contribution in [0.4, 0.5) is 0 Å². The summed E-state index contributed by atoms with van der Waals surface area (Å²) in [6, 6.07) is 13.2. The summed E-state index contributed by atoms with van der Waals surface area (Å²) >= 11 is 0. The van der Waals surface area contributed by atoms with Crippen molar-refractivity contribution in [2.24, 2.45) is 0 Å². The molecule has 0 amide bonds. The van der Waals surface area contributed by atoms with Gasteiger partial charge in [0.2, 0.25) is 0 Å². The Kier molecular flexibility index (Phi) is 4.95. The van der Waals surface area contributed by atoms with Crippen LogP contribution < -0.4 is 0 Å². The van der Waals surface area contributed by atoms with Crippen molar-refractivity contribution in [1.82, 2.24) is 9.80 Å². The number of hydrogen-bond acceptors (Lipinski definition) is 3. The van der Waals surface area contributed by atoms with E-state index in [4.69, 9.17) is 0 Å². The number of likely N-dealkylation sites (tertiary alicyclic amines) is 1. The normalized spacial score (nSPS) is 21.5. The Balaban J connectivity index is 2.00. The van der Waals surface area contributed by atoms with Gasteiger partial charge in [0.25, 0.3) is 0 Å². The van der Waals surface area contributed by atoms with Crippen LogP contribution in [0, 0.1) is 11.3 Å². The third-order valence-corrected chi connectivity index (χ3v) is 3.85. The Morgan fingerprint density at radius 3 is 2.74 bits per heavy atom. The average Bonchev–Trinajstić information content (AvgIpc) is 2.83. The van der Waals surface area contributed by atoms with Crippen LogP contribution in [-0.4, -0.2) is 49.6 Å². The maximum atomic E-state index is 9.42. The molecule has 1 saturated heterocycles. The summed E-state index contributed by atoms with van der Waals surface area (Å²) in [5.41, 5.74) is 1.14. The zero-order valence-electron chi connectivity index (χ0n) is 11.9. The smallest absolute Gasteiger partial charge is 0.0839 e. The van der Waals surface area contributed by atoms with Crippen molar-refractivity contribution in [3.8, 4) is 6.07 Å². The highest BCUT2D eigenvalue weighted by Gasteiger charge is 2.27. The van der Waals surface area contributed by atoms with Gasteiger partial charge in [-0.05, 0) is 39.0 Å². The lowest BCUT2D eigenvalue weighted by Crippen LogP contribution is -2.39. The Hall–Kier alpha value is -1.37. The highest BCUT2D eigenvalue weighted by Crippen LogP contribution is 2.23. The van der Waals surface area contributed by atoms with E-state index in [2.05, 4.69) is 42.1 Å². The van der Waals surface area contributed by atoms with Crippen molar-refractivity contribution in [1.29, 1.82) is 5.26 Å². The molecule has 2 rings (SSSR count). The van der Waals surface area contributed by atoms with E-state index >= 15 is 0 Å². The lowest BCUT2D eigenvalue weighted by Gasteiger charge is -2.28. The predicted octanol–water partition coefficient (Wildman–Crippen LogP) is 2.32. The van der Waals surface area contributed by atoms with E-state index in [1.807, 2.05) is 18.2 Å². The van der Waals surface area contributed by atoms with Gasteiger partial charge in [0.05, 0.1) is 12.0 Å². The molecule has 0 radical (unpaired) electrons. The van der Waals surface area contributed by atoms with Gasteiger partial charge in [-0.1, -0.05) is 30.3 Å². The second-order valence-electron chi connectivity index (χ2n) is 5.65. The Morgan fingerprint density at radius 1 is 1.37 bits per heavy atom. The third-order valence-electron chi connectivity index (χ3n) is 3.85. The molecule has 0 spiro atoms. The highest BCUT2D eigenvalue weighted by molar-refractivity contribution is 5.25. The minimum atomic E-state index is -0.0102. The molecule has 3 heteroatoms.